The van der Waals surface area contributed by atoms with E-state index in [9.17, 15) is 14.7 Å². The van der Waals surface area contributed by atoms with E-state index in [0.717, 1.165) is 16.7 Å². The van der Waals surface area contributed by atoms with Gasteiger partial charge in [0.2, 0.25) is 0 Å². The Hall–Kier alpha value is -2.89. The number of Topliss-reactive ketones (excluding diaryl/α,β-unsaturated/α-hetero) is 1. The number of benzene rings is 3. The molecule has 0 spiro atoms. The average Bonchev–Trinajstić information content (AvgIpc) is 2.79. The van der Waals surface area contributed by atoms with Crippen molar-refractivity contribution in [2.75, 3.05) is 6.54 Å². The molecule has 0 saturated carbocycles. The minimum absolute atomic E-state index is 0.0909. The highest BCUT2D eigenvalue weighted by Crippen LogP contribution is 2.54. The third-order valence-corrected chi connectivity index (χ3v) is 7.29. The fraction of sp³-hybridized carbons (Fsp3) is 0.259. The molecular formula is C27H29NO3S. The highest BCUT2D eigenvalue weighted by Gasteiger charge is 2.45. The summed E-state index contributed by atoms with van der Waals surface area (Å²) in [6.07, 6.45) is 0. The zero-order valence-electron chi connectivity index (χ0n) is 18.6. The fourth-order valence-corrected chi connectivity index (χ4v) is 6.14. The van der Waals surface area contributed by atoms with E-state index >= 15 is 0 Å². The van der Waals surface area contributed by atoms with Crippen molar-refractivity contribution in [3.8, 4) is 0 Å². The summed E-state index contributed by atoms with van der Waals surface area (Å²) in [4.78, 5) is 23.9. The molecule has 0 fully saturated rings. The molecule has 0 radical (unpaired) electrons. The number of thioether (sulfide) groups is 1. The number of carboxylic acid groups (broad SMARTS) is 1. The first-order valence-corrected chi connectivity index (χ1v) is 11.4. The lowest BCUT2D eigenvalue weighted by Crippen LogP contribution is -2.52. The maximum absolute atomic E-state index is 12.6. The number of ketones is 1. The van der Waals surface area contributed by atoms with Crippen LogP contribution in [-0.2, 0) is 14.3 Å². The van der Waals surface area contributed by atoms with Crippen LogP contribution in [0.4, 0.5) is 0 Å². The van der Waals surface area contributed by atoms with Crippen LogP contribution in [-0.4, -0.2) is 34.2 Å². The van der Waals surface area contributed by atoms with E-state index in [1.54, 1.807) is 11.8 Å². The summed E-state index contributed by atoms with van der Waals surface area (Å²) in [5.41, 5.74) is 3.28. The van der Waals surface area contributed by atoms with Gasteiger partial charge >= 0.3 is 5.97 Å². The van der Waals surface area contributed by atoms with Gasteiger partial charge in [0.1, 0.15) is 5.78 Å². The Kier molecular flexibility index (Phi) is 7.54. The van der Waals surface area contributed by atoms with Crippen molar-refractivity contribution in [3.05, 3.63) is 108 Å². The SMILES string of the molecule is CC(=O)C(NCC(=O)O)C(C)(C)SC(c1ccccc1)(c1ccccc1)c1ccccc1. The molecule has 32 heavy (non-hydrogen) atoms. The lowest BCUT2D eigenvalue weighted by atomic mass is 9.84. The van der Waals surface area contributed by atoms with E-state index in [1.807, 2.05) is 68.4 Å². The Morgan fingerprint density at radius 3 is 1.50 bits per heavy atom. The number of nitrogens with one attached hydrogen (secondary N) is 1. The van der Waals surface area contributed by atoms with Crippen LogP contribution in [0.5, 0.6) is 0 Å². The largest absolute Gasteiger partial charge is 0.480 e. The van der Waals surface area contributed by atoms with Crippen molar-refractivity contribution in [2.45, 2.75) is 36.3 Å². The number of carboxylic acids is 1. The lowest BCUT2D eigenvalue weighted by Gasteiger charge is -2.44. The lowest BCUT2D eigenvalue weighted by molar-refractivity contribution is -0.136. The second kappa shape index (κ2) is 10.2. The van der Waals surface area contributed by atoms with Gasteiger partial charge < -0.3 is 5.11 Å². The molecule has 0 heterocycles. The molecule has 5 heteroatoms. The molecule has 1 unspecified atom stereocenters. The summed E-state index contributed by atoms with van der Waals surface area (Å²) in [5, 5.41) is 12.2. The first-order valence-electron chi connectivity index (χ1n) is 10.6. The van der Waals surface area contributed by atoms with Crippen molar-refractivity contribution in [1.29, 1.82) is 0 Å². The summed E-state index contributed by atoms with van der Waals surface area (Å²) < 4.78 is -1.24. The third-order valence-electron chi connectivity index (χ3n) is 5.52. The molecule has 0 aromatic heterocycles. The summed E-state index contributed by atoms with van der Waals surface area (Å²) in [6.45, 7) is 5.24. The van der Waals surface area contributed by atoms with Crippen LogP contribution in [0.1, 0.15) is 37.5 Å². The summed E-state index contributed by atoms with van der Waals surface area (Å²) in [5.74, 6) is -1.08. The van der Waals surface area contributed by atoms with E-state index in [4.69, 9.17) is 0 Å². The zero-order chi connectivity index (χ0) is 23.2. The van der Waals surface area contributed by atoms with Crippen molar-refractivity contribution in [3.63, 3.8) is 0 Å². The number of hydrogen-bond acceptors (Lipinski definition) is 4. The van der Waals surface area contributed by atoms with Crippen molar-refractivity contribution < 1.29 is 14.7 Å². The quantitative estimate of drug-likeness (QED) is 0.422. The molecule has 4 nitrogen and oxygen atoms in total. The van der Waals surface area contributed by atoms with Gasteiger partial charge in [-0.25, -0.2) is 0 Å². The van der Waals surface area contributed by atoms with Gasteiger partial charge in [0.25, 0.3) is 0 Å². The van der Waals surface area contributed by atoms with Crippen molar-refractivity contribution in [1.82, 2.24) is 5.32 Å². The number of hydrogen-bond donors (Lipinski definition) is 2. The maximum atomic E-state index is 12.6. The standard InChI is InChI=1S/C27H29NO3S/c1-20(29)25(28-19-24(30)31)26(2,3)32-27(21-13-7-4-8-14-21,22-15-9-5-10-16-22)23-17-11-6-12-18-23/h4-18,25,28H,19H2,1-3H3,(H,30,31). The van der Waals surface area contributed by atoms with Gasteiger partial charge in [0.05, 0.1) is 17.3 Å². The van der Waals surface area contributed by atoms with Gasteiger partial charge in [-0.1, -0.05) is 91.0 Å². The Morgan fingerprint density at radius 2 is 1.19 bits per heavy atom. The number of rotatable bonds is 10. The zero-order valence-corrected chi connectivity index (χ0v) is 19.4. The Labute approximate surface area is 194 Å². The molecule has 0 bridgehead atoms. The molecular weight excluding hydrogens is 418 g/mol. The molecule has 0 aliphatic carbocycles. The van der Waals surface area contributed by atoms with E-state index in [1.165, 1.54) is 6.92 Å². The predicted molar refractivity (Wildman–Crippen MR) is 131 cm³/mol. The summed E-state index contributed by atoms with van der Waals surface area (Å²) >= 11 is 1.67. The van der Waals surface area contributed by atoms with Gasteiger partial charge in [-0.05, 0) is 37.5 Å². The topological polar surface area (TPSA) is 66.4 Å². The second-order valence-corrected chi connectivity index (χ2v) is 10.2. The van der Waals surface area contributed by atoms with Crippen LogP contribution in [0.2, 0.25) is 0 Å². The van der Waals surface area contributed by atoms with Crippen LogP contribution in [0.3, 0.4) is 0 Å². The normalized spacial score (nSPS) is 12.8. The van der Waals surface area contributed by atoms with E-state index in [-0.39, 0.29) is 12.3 Å². The number of aliphatic carboxylic acids is 1. The minimum Gasteiger partial charge on any atom is -0.480 e. The molecule has 0 aliphatic heterocycles. The number of carbonyl (C=O) groups is 2. The fourth-order valence-electron chi connectivity index (χ4n) is 4.22. The first-order chi connectivity index (χ1) is 15.3. The molecule has 3 aromatic rings. The highest BCUT2D eigenvalue weighted by atomic mass is 32.2. The number of carbonyl (C=O) groups excluding carboxylic acids is 1. The molecule has 0 amide bonds. The van der Waals surface area contributed by atoms with E-state index in [0.29, 0.717) is 0 Å². The smallest absolute Gasteiger partial charge is 0.317 e. The maximum Gasteiger partial charge on any atom is 0.317 e. The van der Waals surface area contributed by atoms with Crippen molar-refractivity contribution >= 4 is 23.5 Å². The minimum atomic E-state index is -0.988. The van der Waals surface area contributed by atoms with Crippen LogP contribution >= 0.6 is 11.8 Å². The molecule has 0 aliphatic rings. The Morgan fingerprint density at radius 1 is 0.812 bits per heavy atom. The predicted octanol–water partition coefficient (Wildman–Crippen LogP) is 5.12. The van der Waals surface area contributed by atoms with Gasteiger partial charge in [-0.2, -0.15) is 0 Å². The molecule has 2 N–H and O–H groups in total. The van der Waals surface area contributed by atoms with Gasteiger partial charge in [-0.15, -0.1) is 11.8 Å². The monoisotopic (exact) mass is 447 g/mol. The van der Waals surface area contributed by atoms with E-state index in [2.05, 4.69) is 41.7 Å². The highest BCUT2D eigenvalue weighted by molar-refractivity contribution is 8.02. The second-order valence-electron chi connectivity index (χ2n) is 8.30. The average molecular weight is 448 g/mol. The van der Waals surface area contributed by atoms with E-state index < -0.39 is 21.5 Å². The molecule has 3 rings (SSSR count). The summed E-state index contributed by atoms with van der Waals surface area (Å²) in [6, 6.07) is 30.1. The van der Waals surface area contributed by atoms with Gasteiger partial charge in [0.15, 0.2) is 0 Å². The van der Waals surface area contributed by atoms with Gasteiger partial charge in [0, 0.05) is 4.75 Å². The Bertz CT molecular complexity index is 940. The van der Waals surface area contributed by atoms with Crippen molar-refractivity contribution in [2.24, 2.45) is 0 Å². The molecule has 0 saturated heterocycles. The first kappa shape index (κ1) is 23.8. The molecule has 3 aromatic carbocycles. The van der Waals surface area contributed by atoms with Crippen LogP contribution in [0.25, 0.3) is 0 Å². The molecule has 166 valence electrons. The Balaban J connectivity index is 2.22. The summed E-state index contributed by atoms with van der Waals surface area (Å²) in [7, 11) is 0. The van der Waals surface area contributed by atoms with Crippen LogP contribution in [0, 0.1) is 0 Å². The molecule has 1 atom stereocenters. The van der Waals surface area contributed by atoms with Crippen LogP contribution < -0.4 is 5.32 Å². The third kappa shape index (κ3) is 5.12. The van der Waals surface area contributed by atoms with Gasteiger partial charge in [-0.3, -0.25) is 14.9 Å². The van der Waals surface area contributed by atoms with Crippen LogP contribution in [0.15, 0.2) is 91.0 Å².